The largest absolute Gasteiger partial charge is 0.391 e. The van der Waals surface area contributed by atoms with Gasteiger partial charge < -0.3 is 5.73 Å². The van der Waals surface area contributed by atoms with Gasteiger partial charge in [0.1, 0.15) is 16.1 Å². The lowest BCUT2D eigenvalue weighted by molar-refractivity contribution is -0.185. The highest BCUT2D eigenvalue weighted by atomic mass is 35.5. The van der Waals surface area contributed by atoms with Crippen molar-refractivity contribution in [3.8, 4) is 0 Å². The standard InChI is InChI=1S/C13H15Cl2F3N2O/c14-9-5-6-12(11(19)21,10(15)20-9)7-1-3-8(4-2-7)13(16,17)18/h5-8,10H,1-4H2,(H2,19,21). The quantitative estimate of drug-likeness (QED) is 0.605. The van der Waals surface area contributed by atoms with Gasteiger partial charge in [-0.25, -0.2) is 0 Å². The van der Waals surface area contributed by atoms with Crippen molar-refractivity contribution in [2.75, 3.05) is 0 Å². The van der Waals surface area contributed by atoms with Crippen LogP contribution in [0.25, 0.3) is 0 Å². The minimum absolute atomic E-state index is 0.0297. The van der Waals surface area contributed by atoms with Crippen molar-refractivity contribution >= 4 is 34.3 Å². The highest BCUT2D eigenvalue weighted by Gasteiger charge is 2.52. The van der Waals surface area contributed by atoms with Crippen molar-refractivity contribution in [2.45, 2.75) is 37.4 Å². The van der Waals surface area contributed by atoms with Gasteiger partial charge in [-0.2, -0.15) is 13.2 Å². The van der Waals surface area contributed by atoms with E-state index in [1.807, 2.05) is 0 Å². The van der Waals surface area contributed by atoms with E-state index in [0.717, 1.165) is 0 Å². The Balaban J connectivity index is 2.20. The van der Waals surface area contributed by atoms with Crippen LogP contribution in [0.15, 0.2) is 17.1 Å². The molecule has 0 aromatic heterocycles. The van der Waals surface area contributed by atoms with Gasteiger partial charge in [-0.05, 0) is 37.7 Å². The fourth-order valence-electron chi connectivity index (χ4n) is 3.17. The van der Waals surface area contributed by atoms with Crippen molar-refractivity contribution in [1.82, 2.24) is 0 Å². The second-order valence-corrected chi connectivity index (χ2v) is 6.31. The van der Waals surface area contributed by atoms with Gasteiger partial charge in [0.15, 0.2) is 0 Å². The number of nitrogens with two attached hydrogens (primary N) is 1. The maximum Gasteiger partial charge on any atom is 0.391 e. The Morgan fingerprint density at radius 1 is 1.33 bits per heavy atom. The molecule has 1 amide bonds. The number of aliphatic imine (C=N–C) groups is 1. The molecule has 2 rings (SSSR count). The van der Waals surface area contributed by atoms with E-state index in [-0.39, 0.29) is 36.8 Å². The highest BCUT2D eigenvalue weighted by molar-refractivity contribution is 6.68. The minimum Gasteiger partial charge on any atom is -0.369 e. The molecule has 1 fully saturated rings. The summed E-state index contributed by atoms with van der Waals surface area (Å²) in [5.74, 6) is -2.37. The topological polar surface area (TPSA) is 55.5 Å². The van der Waals surface area contributed by atoms with Crippen LogP contribution in [-0.4, -0.2) is 22.8 Å². The third kappa shape index (κ3) is 3.06. The van der Waals surface area contributed by atoms with Crippen molar-refractivity contribution in [3.63, 3.8) is 0 Å². The molecule has 2 unspecified atom stereocenters. The van der Waals surface area contributed by atoms with Gasteiger partial charge in [0.05, 0.1) is 5.92 Å². The van der Waals surface area contributed by atoms with Gasteiger partial charge in [0.2, 0.25) is 5.91 Å². The van der Waals surface area contributed by atoms with E-state index in [2.05, 4.69) is 4.99 Å². The number of nitrogens with zero attached hydrogens (tertiary/aromatic N) is 1. The first-order valence-electron chi connectivity index (χ1n) is 6.61. The van der Waals surface area contributed by atoms with Crippen LogP contribution < -0.4 is 5.73 Å². The van der Waals surface area contributed by atoms with Crippen LogP contribution in [0.4, 0.5) is 13.2 Å². The zero-order chi connectivity index (χ0) is 15.8. The Bertz CT molecular complexity index is 484. The van der Waals surface area contributed by atoms with Crippen LogP contribution in [-0.2, 0) is 4.79 Å². The minimum atomic E-state index is -4.20. The van der Waals surface area contributed by atoms with Crippen LogP contribution in [0, 0.1) is 17.3 Å². The van der Waals surface area contributed by atoms with Crippen LogP contribution >= 0.6 is 23.2 Å². The summed E-state index contributed by atoms with van der Waals surface area (Å²) in [6.07, 6.45) is -0.866. The van der Waals surface area contributed by atoms with Crippen molar-refractivity contribution in [3.05, 3.63) is 12.2 Å². The molecule has 2 atom stereocenters. The van der Waals surface area contributed by atoms with E-state index in [9.17, 15) is 18.0 Å². The number of amides is 1. The van der Waals surface area contributed by atoms with E-state index >= 15 is 0 Å². The number of hydrogen-bond acceptors (Lipinski definition) is 2. The van der Waals surface area contributed by atoms with Gasteiger partial charge in [-0.3, -0.25) is 9.79 Å². The summed E-state index contributed by atoms with van der Waals surface area (Å²) in [6.45, 7) is 0. The van der Waals surface area contributed by atoms with E-state index in [0.29, 0.717) is 0 Å². The number of alkyl halides is 4. The van der Waals surface area contributed by atoms with Gasteiger partial charge in [-0.15, -0.1) is 0 Å². The zero-order valence-corrected chi connectivity index (χ0v) is 12.5. The number of rotatable bonds is 2. The molecule has 0 saturated heterocycles. The molecule has 0 aromatic rings. The predicted molar refractivity (Wildman–Crippen MR) is 75.2 cm³/mol. The Morgan fingerprint density at radius 3 is 2.33 bits per heavy atom. The molecule has 3 nitrogen and oxygen atoms in total. The first-order chi connectivity index (χ1) is 9.68. The molecule has 2 aliphatic rings. The van der Waals surface area contributed by atoms with Crippen LogP contribution in [0.3, 0.4) is 0 Å². The number of hydrogen-bond donors (Lipinski definition) is 1. The van der Waals surface area contributed by atoms with Crippen molar-refractivity contribution < 1.29 is 18.0 Å². The number of dihydropyridines is 1. The second kappa shape index (κ2) is 5.80. The predicted octanol–water partition coefficient (Wildman–Crippen LogP) is 3.60. The number of primary amides is 1. The molecular weight excluding hydrogens is 328 g/mol. The molecule has 1 heterocycles. The number of allylic oxidation sites excluding steroid dienone is 1. The Hall–Kier alpha value is -0.750. The van der Waals surface area contributed by atoms with Crippen LogP contribution in [0.5, 0.6) is 0 Å². The third-order valence-corrected chi connectivity index (χ3v) is 5.10. The summed E-state index contributed by atoms with van der Waals surface area (Å²) < 4.78 is 38.2. The molecule has 0 bridgehead atoms. The molecule has 0 spiro atoms. The smallest absolute Gasteiger partial charge is 0.369 e. The van der Waals surface area contributed by atoms with Crippen molar-refractivity contribution in [2.24, 2.45) is 28.0 Å². The Kier molecular flexibility index (Phi) is 4.59. The maximum absolute atomic E-state index is 12.7. The lowest BCUT2D eigenvalue weighted by Crippen LogP contribution is -2.50. The van der Waals surface area contributed by atoms with Gasteiger partial charge in [-0.1, -0.05) is 29.3 Å². The summed E-state index contributed by atoms with van der Waals surface area (Å²) in [4.78, 5) is 15.9. The first kappa shape index (κ1) is 16.6. The second-order valence-electron chi connectivity index (χ2n) is 5.51. The van der Waals surface area contributed by atoms with Gasteiger partial charge >= 0.3 is 6.18 Å². The number of carbonyl (C=O) groups excluding carboxylic acids is 1. The summed E-state index contributed by atoms with van der Waals surface area (Å²) >= 11 is 11.9. The molecule has 1 aliphatic heterocycles. The normalized spacial score (nSPS) is 37.2. The SMILES string of the molecule is NC(=O)C1(C2CCC(C(F)(F)F)CC2)C=CC(Cl)=NC1Cl. The van der Waals surface area contributed by atoms with Crippen LogP contribution in [0.1, 0.15) is 25.7 Å². The fourth-order valence-corrected chi connectivity index (χ4v) is 3.85. The number of carbonyl (C=O) groups is 1. The average molecular weight is 343 g/mol. The van der Waals surface area contributed by atoms with Crippen molar-refractivity contribution in [1.29, 1.82) is 0 Å². The Morgan fingerprint density at radius 2 is 1.90 bits per heavy atom. The third-order valence-electron chi connectivity index (χ3n) is 4.42. The lowest BCUT2D eigenvalue weighted by atomic mass is 9.65. The van der Waals surface area contributed by atoms with Gasteiger partial charge in [0.25, 0.3) is 0 Å². The molecule has 0 aromatic carbocycles. The molecule has 1 saturated carbocycles. The zero-order valence-electron chi connectivity index (χ0n) is 11.0. The summed E-state index contributed by atoms with van der Waals surface area (Å²) in [6, 6.07) is 0. The average Bonchev–Trinajstić information content (AvgIpc) is 2.38. The molecule has 118 valence electrons. The first-order valence-corrected chi connectivity index (χ1v) is 7.42. The van der Waals surface area contributed by atoms with E-state index in [1.165, 1.54) is 12.2 Å². The monoisotopic (exact) mass is 342 g/mol. The highest BCUT2D eigenvalue weighted by Crippen LogP contribution is 2.49. The van der Waals surface area contributed by atoms with Crippen LogP contribution in [0.2, 0.25) is 0 Å². The maximum atomic E-state index is 12.7. The summed E-state index contributed by atoms with van der Waals surface area (Å²) in [7, 11) is 0. The van der Waals surface area contributed by atoms with E-state index < -0.39 is 28.9 Å². The molecule has 1 aliphatic carbocycles. The fraction of sp³-hybridized carbons (Fsp3) is 0.692. The summed E-state index contributed by atoms with van der Waals surface area (Å²) in [5.41, 5.74) is 3.23. The van der Waals surface area contributed by atoms with Gasteiger partial charge in [0, 0.05) is 0 Å². The molecule has 8 heteroatoms. The number of halogens is 5. The van der Waals surface area contributed by atoms with E-state index in [4.69, 9.17) is 28.9 Å². The molecule has 0 radical (unpaired) electrons. The summed E-state index contributed by atoms with van der Waals surface area (Å²) in [5, 5.41) is 0.149. The molecule has 2 N–H and O–H groups in total. The lowest BCUT2D eigenvalue weighted by Gasteiger charge is -2.42. The molecular formula is C13H15Cl2F3N2O. The van der Waals surface area contributed by atoms with E-state index in [1.54, 1.807) is 0 Å². The molecule has 21 heavy (non-hydrogen) atoms. The Labute approximate surface area is 130 Å².